The number of hydrogen-bond acceptors (Lipinski definition) is 13. The second kappa shape index (κ2) is 16.4. The number of esters is 1. The molecule has 2 atom stereocenters. The Morgan fingerprint density at radius 1 is 0.980 bits per heavy atom. The molecule has 2 amide bonds. The number of aromatic nitrogens is 3. The van der Waals surface area contributed by atoms with Crippen LogP contribution >= 0.6 is 11.3 Å². The van der Waals surface area contributed by atoms with Crippen molar-refractivity contribution in [2.45, 2.75) is 97.9 Å². The van der Waals surface area contributed by atoms with E-state index in [9.17, 15) is 29.4 Å². The number of hydrogen-bond donors (Lipinski definition) is 4. The molecular weight excluding hydrogens is 688 g/mol. The number of ether oxygens (including phenoxy) is 4. The van der Waals surface area contributed by atoms with Gasteiger partial charge in [-0.2, -0.15) is 4.68 Å². The van der Waals surface area contributed by atoms with Crippen LogP contribution in [0.3, 0.4) is 0 Å². The molecule has 3 rings (SSSR count). The highest BCUT2D eigenvalue weighted by molar-refractivity contribution is 7.14. The Labute approximate surface area is 299 Å². The van der Waals surface area contributed by atoms with Crippen LogP contribution in [-0.2, 0) is 42.2 Å². The number of nitrogens with zero attached hydrogens (tertiary/aromatic N) is 4. The number of benzene rings is 1. The van der Waals surface area contributed by atoms with Crippen molar-refractivity contribution < 1.29 is 57.9 Å². The maximum Gasteiger partial charge on any atom is 0.413 e. The minimum Gasteiger partial charge on any atom is -0.489 e. The SMILES string of the molecule is C[n+]1c2ccc(OCC(O/N=C(\C(=O)O)c3csc(NC(=O)OC(C)(C)C)n3)C(=O)OC(C)(C)C)cc2cn1CC(O)CNC(=O)OC(C)(C)C. The maximum absolute atomic E-state index is 13.1. The summed E-state index contributed by atoms with van der Waals surface area (Å²) in [5.41, 5.74) is -2.28. The summed E-state index contributed by atoms with van der Waals surface area (Å²) in [5.74, 6) is -2.00. The van der Waals surface area contributed by atoms with E-state index in [1.807, 2.05) is 4.68 Å². The van der Waals surface area contributed by atoms with Gasteiger partial charge in [-0.15, -0.1) is 16.0 Å². The number of anilines is 1. The first-order valence-corrected chi connectivity index (χ1v) is 16.8. The van der Waals surface area contributed by atoms with Crippen molar-refractivity contribution in [1.82, 2.24) is 15.0 Å². The zero-order valence-corrected chi connectivity index (χ0v) is 31.2. The van der Waals surface area contributed by atoms with Gasteiger partial charge in [-0.1, -0.05) is 5.16 Å². The maximum atomic E-state index is 13.1. The number of carbonyl (C=O) groups is 4. The van der Waals surface area contributed by atoms with Crippen LogP contribution in [0.5, 0.6) is 5.75 Å². The minimum absolute atomic E-state index is 0.0253. The number of aliphatic carboxylic acids is 1. The van der Waals surface area contributed by atoms with Crippen molar-refractivity contribution in [3.8, 4) is 5.75 Å². The van der Waals surface area contributed by atoms with Crippen LogP contribution in [0.15, 0.2) is 34.9 Å². The van der Waals surface area contributed by atoms with E-state index in [0.29, 0.717) is 5.75 Å². The summed E-state index contributed by atoms with van der Waals surface area (Å²) in [5, 5.41) is 31.2. The third-order valence-corrected chi connectivity index (χ3v) is 6.96. The Kier molecular flexibility index (Phi) is 13.0. The van der Waals surface area contributed by atoms with Gasteiger partial charge in [-0.3, -0.25) is 5.32 Å². The lowest BCUT2D eigenvalue weighted by molar-refractivity contribution is -0.731. The van der Waals surface area contributed by atoms with Gasteiger partial charge >= 0.3 is 24.1 Å². The number of alkyl carbamates (subject to hydrolysis) is 1. The molecule has 0 aliphatic carbocycles. The van der Waals surface area contributed by atoms with Crippen LogP contribution in [0.4, 0.5) is 14.7 Å². The van der Waals surface area contributed by atoms with Crippen LogP contribution in [-0.4, -0.2) is 91.9 Å². The normalized spacial score (nSPS) is 13.6. The Morgan fingerprint density at radius 2 is 1.61 bits per heavy atom. The topological polar surface area (TPSA) is 213 Å². The van der Waals surface area contributed by atoms with Crippen LogP contribution < -0.4 is 20.1 Å². The first-order valence-electron chi connectivity index (χ1n) is 15.9. The minimum atomic E-state index is -1.50. The lowest BCUT2D eigenvalue weighted by Gasteiger charge is -2.23. The lowest BCUT2D eigenvalue weighted by atomic mass is 10.2. The summed E-state index contributed by atoms with van der Waals surface area (Å²) in [6, 6.07) is 5.16. The predicted molar refractivity (Wildman–Crippen MR) is 186 cm³/mol. The summed E-state index contributed by atoms with van der Waals surface area (Å²) in [6.45, 7) is 15.0. The molecule has 0 aliphatic rings. The molecule has 4 N–H and O–H groups in total. The molecule has 2 heterocycles. The Bertz CT molecular complexity index is 1750. The Morgan fingerprint density at radius 3 is 2.22 bits per heavy atom. The molecule has 0 saturated heterocycles. The van der Waals surface area contributed by atoms with Gasteiger partial charge in [-0.05, 0) is 74.4 Å². The predicted octanol–water partition coefficient (Wildman–Crippen LogP) is 3.75. The first kappa shape index (κ1) is 40.5. The number of rotatable bonds is 13. The largest absolute Gasteiger partial charge is 0.489 e. The van der Waals surface area contributed by atoms with E-state index in [-0.39, 0.29) is 23.9 Å². The quantitative estimate of drug-likeness (QED) is 0.0650. The molecule has 3 aromatic rings. The van der Waals surface area contributed by atoms with E-state index in [2.05, 4.69) is 20.8 Å². The number of thiazole rings is 1. The standard InChI is InChI=1S/C33H46N6O11S/c1-31(2,3)47-27(43)24(50-37-25(26(41)42)22-18-51-28(35-22)36-30(45)49-33(7,8)9)17-46-21-11-12-23-19(13-21)15-39(38(23)10)16-20(40)14-34-29(44)48-32(4,5)6/h11-13,15,18,20,24,40H,14,16-17H2,1-10H3,(H2-,34,35,36,41,42,44,45)/p+1/b37-25-. The lowest BCUT2D eigenvalue weighted by Crippen LogP contribution is -2.44. The Balaban J connectivity index is 1.74. The zero-order chi connectivity index (χ0) is 38.3. The molecule has 0 fully saturated rings. The molecule has 17 nitrogen and oxygen atoms in total. The van der Waals surface area contributed by atoms with E-state index in [4.69, 9.17) is 23.8 Å². The van der Waals surface area contributed by atoms with Crippen molar-refractivity contribution in [1.29, 1.82) is 0 Å². The smallest absolute Gasteiger partial charge is 0.413 e. The van der Waals surface area contributed by atoms with E-state index in [1.165, 1.54) is 5.38 Å². The highest BCUT2D eigenvalue weighted by atomic mass is 32.1. The molecule has 2 unspecified atom stereocenters. The van der Waals surface area contributed by atoms with Gasteiger partial charge in [0.2, 0.25) is 11.2 Å². The number of aliphatic hydroxyl groups is 1. The second-order valence-corrected chi connectivity index (χ2v) is 15.2. The third-order valence-electron chi connectivity index (χ3n) is 6.20. The zero-order valence-electron chi connectivity index (χ0n) is 30.4. The number of nitrogens with one attached hydrogen (secondary N) is 2. The summed E-state index contributed by atoms with van der Waals surface area (Å²) < 4.78 is 25.3. The average molecular weight is 736 g/mol. The second-order valence-electron chi connectivity index (χ2n) is 14.4. The number of amides is 2. The number of aryl methyl sites for hydroxylation is 1. The molecule has 0 bridgehead atoms. The summed E-state index contributed by atoms with van der Waals surface area (Å²) >= 11 is 0.939. The van der Waals surface area contributed by atoms with Crippen LogP contribution in [0, 0.1) is 0 Å². The highest BCUT2D eigenvalue weighted by Gasteiger charge is 2.30. The van der Waals surface area contributed by atoms with Crippen LogP contribution in [0.2, 0.25) is 0 Å². The molecule has 1 aromatic carbocycles. The molecule has 18 heteroatoms. The van der Waals surface area contributed by atoms with E-state index >= 15 is 0 Å². The molecule has 0 aliphatic heterocycles. The van der Waals surface area contributed by atoms with Gasteiger partial charge in [0.15, 0.2) is 12.2 Å². The van der Waals surface area contributed by atoms with Crippen molar-refractivity contribution in [2.24, 2.45) is 12.2 Å². The van der Waals surface area contributed by atoms with Gasteiger partial charge in [0, 0.05) is 18.0 Å². The first-order chi connectivity index (χ1) is 23.5. The van der Waals surface area contributed by atoms with E-state index in [0.717, 1.165) is 22.2 Å². The van der Waals surface area contributed by atoms with Crippen LogP contribution in [0.1, 0.15) is 68.0 Å². The average Bonchev–Trinajstić information content (AvgIpc) is 3.53. The highest BCUT2D eigenvalue weighted by Crippen LogP contribution is 2.21. The fourth-order valence-corrected chi connectivity index (χ4v) is 4.88. The fraction of sp³-hybridized carbons (Fsp3) is 0.545. The summed E-state index contributed by atoms with van der Waals surface area (Å²) in [7, 11) is 1.81. The molecule has 2 aromatic heterocycles. The van der Waals surface area contributed by atoms with Crippen molar-refractivity contribution >= 4 is 57.2 Å². The number of carboxylic acids is 1. The van der Waals surface area contributed by atoms with Gasteiger partial charge in [-0.25, -0.2) is 24.2 Å². The monoisotopic (exact) mass is 735 g/mol. The molecule has 0 saturated carbocycles. The molecular formula is C33H47N6O11S+. The number of oxime groups is 1. The van der Waals surface area contributed by atoms with Crippen molar-refractivity contribution in [3.05, 3.63) is 35.5 Å². The number of aliphatic hydroxyl groups excluding tert-OH is 1. The fourth-order valence-electron chi connectivity index (χ4n) is 4.20. The molecule has 0 radical (unpaired) electrons. The molecule has 280 valence electrons. The summed E-state index contributed by atoms with van der Waals surface area (Å²) in [4.78, 5) is 58.7. The summed E-state index contributed by atoms with van der Waals surface area (Å²) in [6.07, 6.45) is -2.02. The number of carbonyl (C=O) groups excluding carboxylic acids is 3. The third kappa shape index (κ3) is 13.3. The number of fused-ring (bicyclic) bond motifs is 1. The Hall–Kier alpha value is -4.97. The van der Waals surface area contributed by atoms with E-state index < -0.39 is 65.5 Å². The van der Waals surface area contributed by atoms with Gasteiger partial charge in [0.25, 0.3) is 6.10 Å². The molecule has 0 spiro atoms. The van der Waals surface area contributed by atoms with Gasteiger partial charge in [0.05, 0.1) is 17.7 Å². The van der Waals surface area contributed by atoms with E-state index in [1.54, 1.807) is 98.4 Å². The van der Waals surface area contributed by atoms with Gasteiger partial charge in [0.1, 0.15) is 41.4 Å². The van der Waals surface area contributed by atoms with Crippen LogP contribution in [0.25, 0.3) is 10.9 Å². The molecule has 51 heavy (non-hydrogen) atoms. The van der Waals surface area contributed by atoms with Crippen molar-refractivity contribution in [3.63, 3.8) is 0 Å². The van der Waals surface area contributed by atoms with Gasteiger partial charge < -0.3 is 39.3 Å². The number of carboxylic acid groups (broad SMARTS) is 1. The van der Waals surface area contributed by atoms with Crippen molar-refractivity contribution in [2.75, 3.05) is 18.5 Å².